The zero-order valence-electron chi connectivity index (χ0n) is 9.78. The molecule has 1 aromatic heterocycles. The average molecular weight is 221 g/mol. The van der Waals surface area contributed by atoms with Crippen LogP contribution in [0, 0.1) is 0 Å². The van der Waals surface area contributed by atoms with E-state index < -0.39 is 0 Å². The van der Waals surface area contributed by atoms with E-state index in [2.05, 4.69) is 9.97 Å². The summed E-state index contributed by atoms with van der Waals surface area (Å²) in [6.07, 6.45) is 5.82. The Hall–Kier alpha value is -1.16. The van der Waals surface area contributed by atoms with Gasteiger partial charge in [-0.2, -0.15) is 0 Å². The van der Waals surface area contributed by atoms with Gasteiger partial charge in [0.05, 0.1) is 6.61 Å². The van der Waals surface area contributed by atoms with Gasteiger partial charge in [-0.25, -0.2) is 9.97 Å². The fourth-order valence-electron chi connectivity index (χ4n) is 2.27. The van der Waals surface area contributed by atoms with Crippen LogP contribution in [0.5, 0.6) is 0 Å². The van der Waals surface area contributed by atoms with Gasteiger partial charge in [-0.1, -0.05) is 12.8 Å². The summed E-state index contributed by atoms with van der Waals surface area (Å²) in [5.74, 6) is 1.98. The Bertz CT molecular complexity index is 348. The van der Waals surface area contributed by atoms with E-state index in [9.17, 15) is 0 Å². The number of nitrogen functional groups attached to an aromatic ring is 1. The van der Waals surface area contributed by atoms with Gasteiger partial charge in [-0.05, 0) is 12.8 Å². The molecular formula is C12H19N3O. The predicted octanol–water partition coefficient (Wildman–Crippen LogP) is 1.91. The molecule has 1 heterocycles. The van der Waals surface area contributed by atoms with E-state index in [1.807, 2.05) is 6.07 Å². The maximum absolute atomic E-state index is 5.81. The summed E-state index contributed by atoms with van der Waals surface area (Å²) >= 11 is 0. The third-order valence-corrected chi connectivity index (χ3v) is 3.12. The van der Waals surface area contributed by atoms with Gasteiger partial charge in [0.1, 0.15) is 11.6 Å². The minimum absolute atomic E-state index is 0.586. The van der Waals surface area contributed by atoms with Crippen LogP contribution in [0.4, 0.5) is 5.82 Å². The van der Waals surface area contributed by atoms with Crippen molar-refractivity contribution in [2.24, 2.45) is 0 Å². The molecule has 0 aromatic carbocycles. The van der Waals surface area contributed by atoms with Crippen LogP contribution in [-0.4, -0.2) is 23.7 Å². The van der Waals surface area contributed by atoms with E-state index in [-0.39, 0.29) is 0 Å². The Kier molecular flexibility index (Phi) is 3.72. The smallest absolute Gasteiger partial charge is 0.133 e. The van der Waals surface area contributed by atoms with Crippen molar-refractivity contribution in [2.45, 2.75) is 38.0 Å². The van der Waals surface area contributed by atoms with Crippen LogP contribution >= 0.6 is 0 Å². The topological polar surface area (TPSA) is 61.0 Å². The molecule has 1 saturated carbocycles. The van der Waals surface area contributed by atoms with Gasteiger partial charge >= 0.3 is 0 Å². The molecule has 0 spiro atoms. The first kappa shape index (κ1) is 11.3. The number of hydrogen-bond donors (Lipinski definition) is 1. The first-order valence-corrected chi connectivity index (χ1v) is 5.92. The second-order valence-corrected chi connectivity index (χ2v) is 4.36. The standard InChI is InChI=1S/C12H19N3O/c1-16-7-6-12-14-10(8-11(13)15-12)9-4-2-3-5-9/h8-9H,2-7H2,1H3,(H2,13,14,15). The molecule has 0 radical (unpaired) electrons. The molecule has 2 rings (SSSR count). The molecule has 2 N–H and O–H groups in total. The average Bonchev–Trinajstić information content (AvgIpc) is 2.79. The van der Waals surface area contributed by atoms with Crippen molar-refractivity contribution in [2.75, 3.05) is 19.5 Å². The number of nitrogens with zero attached hydrogens (tertiary/aromatic N) is 2. The summed E-state index contributed by atoms with van der Waals surface area (Å²) < 4.78 is 5.03. The van der Waals surface area contributed by atoms with E-state index >= 15 is 0 Å². The summed E-state index contributed by atoms with van der Waals surface area (Å²) in [4.78, 5) is 8.81. The number of hydrogen-bond acceptors (Lipinski definition) is 4. The van der Waals surface area contributed by atoms with E-state index in [1.165, 1.54) is 25.7 Å². The lowest BCUT2D eigenvalue weighted by atomic mass is 10.0. The molecular weight excluding hydrogens is 202 g/mol. The molecule has 88 valence electrons. The number of methoxy groups -OCH3 is 1. The van der Waals surface area contributed by atoms with Gasteiger partial charge in [-0.15, -0.1) is 0 Å². The molecule has 0 amide bonds. The second kappa shape index (κ2) is 5.25. The summed E-state index contributed by atoms with van der Waals surface area (Å²) in [5, 5.41) is 0. The molecule has 0 unspecified atom stereocenters. The van der Waals surface area contributed by atoms with Crippen LogP contribution in [-0.2, 0) is 11.2 Å². The Morgan fingerprint density at radius 3 is 2.81 bits per heavy atom. The van der Waals surface area contributed by atoms with Crippen molar-refractivity contribution in [3.63, 3.8) is 0 Å². The Balaban J connectivity index is 2.14. The summed E-state index contributed by atoms with van der Waals surface area (Å²) in [6, 6.07) is 1.92. The van der Waals surface area contributed by atoms with Crippen molar-refractivity contribution in [3.05, 3.63) is 17.6 Å². The largest absolute Gasteiger partial charge is 0.384 e. The molecule has 1 aliphatic carbocycles. The van der Waals surface area contributed by atoms with E-state index in [1.54, 1.807) is 7.11 Å². The fraction of sp³-hybridized carbons (Fsp3) is 0.667. The number of anilines is 1. The molecule has 4 heteroatoms. The zero-order chi connectivity index (χ0) is 11.4. The van der Waals surface area contributed by atoms with Gasteiger partial charge in [-0.3, -0.25) is 0 Å². The third kappa shape index (κ3) is 2.70. The van der Waals surface area contributed by atoms with Gasteiger partial charge in [0.15, 0.2) is 0 Å². The first-order valence-electron chi connectivity index (χ1n) is 5.92. The van der Waals surface area contributed by atoms with Gasteiger partial charge in [0.25, 0.3) is 0 Å². The SMILES string of the molecule is COCCc1nc(N)cc(C2CCCC2)n1. The Morgan fingerprint density at radius 2 is 2.12 bits per heavy atom. The van der Waals surface area contributed by atoms with Crippen molar-refractivity contribution < 1.29 is 4.74 Å². The highest BCUT2D eigenvalue weighted by molar-refractivity contribution is 5.31. The summed E-state index contributed by atoms with van der Waals surface area (Å²) in [5.41, 5.74) is 6.93. The van der Waals surface area contributed by atoms with Crippen LogP contribution < -0.4 is 5.73 Å². The van der Waals surface area contributed by atoms with Crippen molar-refractivity contribution in [3.8, 4) is 0 Å². The molecule has 4 nitrogen and oxygen atoms in total. The zero-order valence-corrected chi connectivity index (χ0v) is 9.78. The molecule has 1 fully saturated rings. The summed E-state index contributed by atoms with van der Waals surface area (Å²) in [7, 11) is 1.68. The van der Waals surface area contributed by atoms with E-state index in [4.69, 9.17) is 10.5 Å². The Morgan fingerprint density at radius 1 is 1.38 bits per heavy atom. The van der Waals surface area contributed by atoms with Gasteiger partial charge in [0.2, 0.25) is 0 Å². The van der Waals surface area contributed by atoms with Crippen LogP contribution in [0.3, 0.4) is 0 Å². The molecule has 1 aromatic rings. The highest BCUT2D eigenvalue weighted by atomic mass is 16.5. The Labute approximate surface area is 96.2 Å². The lowest BCUT2D eigenvalue weighted by Crippen LogP contribution is -2.08. The number of ether oxygens (including phenoxy) is 1. The minimum Gasteiger partial charge on any atom is -0.384 e. The molecule has 16 heavy (non-hydrogen) atoms. The van der Waals surface area contributed by atoms with E-state index in [0.717, 1.165) is 17.9 Å². The number of rotatable bonds is 4. The van der Waals surface area contributed by atoms with Crippen LogP contribution in [0.1, 0.15) is 43.1 Å². The highest BCUT2D eigenvalue weighted by Gasteiger charge is 2.19. The van der Waals surface area contributed by atoms with Crippen LogP contribution in [0.25, 0.3) is 0 Å². The molecule has 1 aliphatic rings. The maximum atomic E-state index is 5.81. The molecule has 0 atom stereocenters. The van der Waals surface area contributed by atoms with Crippen molar-refractivity contribution in [1.29, 1.82) is 0 Å². The minimum atomic E-state index is 0.586. The monoisotopic (exact) mass is 221 g/mol. The molecule has 0 saturated heterocycles. The second-order valence-electron chi connectivity index (χ2n) is 4.36. The van der Waals surface area contributed by atoms with Crippen LogP contribution in [0.15, 0.2) is 6.07 Å². The van der Waals surface area contributed by atoms with Gasteiger partial charge in [0, 0.05) is 31.2 Å². The lowest BCUT2D eigenvalue weighted by molar-refractivity contribution is 0.200. The van der Waals surface area contributed by atoms with Crippen LogP contribution in [0.2, 0.25) is 0 Å². The van der Waals surface area contributed by atoms with Crippen molar-refractivity contribution >= 4 is 5.82 Å². The lowest BCUT2D eigenvalue weighted by Gasteiger charge is -2.10. The number of aromatic nitrogens is 2. The maximum Gasteiger partial charge on any atom is 0.133 e. The highest BCUT2D eigenvalue weighted by Crippen LogP contribution is 2.33. The predicted molar refractivity (Wildman–Crippen MR) is 63.2 cm³/mol. The molecule has 0 bridgehead atoms. The van der Waals surface area contributed by atoms with Gasteiger partial charge < -0.3 is 10.5 Å². The molecule has 0 aliphatic heterocycles. The normalized spacial score (nSPS) is 16.8. The quantitative estimate of drug-likeness (QED) is 0.843. The van der Waals surface area contributed by atoms with E-state index in [0.29, 0.717) is 18.3 Å². The third-order valence-electron chi connectivity index (χ3n) is 3.12. The first-order chi connectivity index (χ1) is 7.79. The number of nitrogens with two attached hydrogens (primary N) is 1. The summed E-state index contributed by atoms with van der Waals surface area (Å²) in [6.45, 7) is 0.646. The van der Waals surface area contributed by atoms with Crippen molar-refractivity contribution in [1.82, 2.24) is 9.97 Å². The fourth-order valence-corrected chi connectivity index (χ4v) is 2.27.